The highest BCUT2D eigenvalue weighted by atomic mass is 16.5. The zero-order chi connectivity index (χ0) is 20.1. The number of aliphatic imine (C=N–C) groups is 1. The van der Waals surface area contributed by atoms with Crippen molar-refractivity contribution < 1.29 is 9.53 Å². The summed E-state index contributed by atoms with van der Waals surface area (Å²) in [5.41, 5.74) is 5.78. The number of anilines is 1. The SMILES string of the molecule is O=C1Cc2cc(C3=C(C4CCCC4)NC4C(N5CCOCC5)=NC=CN34)ccc2N1. The average molecular weight is 406 g/mol. The first-order valence-electron chi connectivity index (χ1n) is 11.1. The molecule has 7 nitrogen and oxygen atoms in total. The molecule has 0 spiro atoms. The van der Waals surface area contributed by atoms with Gasteiger partial charge in [0.2, 0.25) is 5.91 Å². The van der Waals surface area contributed by atoms with Crippen LogP contribution in [0.15, 0.2) is 41.3 Å². The van der Waals surface area contributed by atoms with Crippen molar-refractivity contribution in [2.45, 2.75) is 38.3 Å². The predicted octanol–water partition coefficient (Wildman–Crippen LogP) is 2.49. The molecule has 0 aromatic heterocycles. The van der Waals surface area contributed by atoms with Crippen molar-refractivity contribution in [2.75, 3.05) is 31.6 Å². The number of carbonyl (C=O) groups excluding carboxylic acids is 1. The number of nitrogens with zero attached hydrogens (tertiary/aromatic N) is 3. The first-order valence-corrected chi connectivity index (χ1v) is 11.1. The summed E-state index contributed by atoms with van der Waals surface area (Å²) in [6, 6.07) is 6.38. The second-order valence-electron chi connectivity index (χ2n) is 8.68. The molecule has 7 heteroatoms. The highest BCUT2D eigenvalue weighted by Gasteiger charge is 2.41. The van der Waals surface area contributed by atoms with Crippen molar-refractivity contribution in [3.63, 3.8) is 0 Å². The summed E-state index contributed by atoms with van der Waals surface area (Å²) in [5.74, 6) is 1.71. The Bertz CT molecular complexity index is 970. The minimum absolute atomic E-state index is 0.0201. The van der Waals surface area contributed by atoms with Gasteiger partial charge in [-0.25, -0.2) is 4.99 Å². The van der Waals surface area contributed by atoms with Crippen LogP contribution in [0.5, 0.6) is 0 Å². The van der Waals surface area contributed by atoms with Gasteiger partial charge in [-0.2, -0.15) is 0 Å². The standard InChI is InChI=1S/C23H27N5O2/c29-19-14-17-13-16(5-6-18(17)25-19)21-20(15-3-1-2-4-15)26-23-22(24-7-8-28(21)23)27-9-11-30-12-10-27/h5-8,13,15,23,26H,1-4,9-12,14H2,(H,25,29). The van der Waals surface area contributed by atoms with Crippen molar-refractivity contribution in [1.82, 2.24) is 15.1 Å². The highest BCUT2D eigenvalue weighted by Crippen LogP contribution is 2.42. The number of ether oxygens (including phenoxy) is 1. The van der Waals surface area contributed by atoms with Gasteiger partial charge in [0.25, 0.3) is 0 Å². The Morgan fingerprint density at radius 3 is 2.80 bits per heavy atom. The second-order valence-corrected chi connectivity index (χ2v) is 8.68. The number of hydrogen-bond donors (Lipinski definition) is 2. The molecular formula is C23H27N5O2. The maximum atomic E-state index is 11.9. The molecule has 2 N–H and O–H groups in total. The Balaban J connectivity index is 1.39. The molecule has 156 valence electrons. The largest absolute Gasteiger partial charge is 0.378 e. The number of rotatable bonds is 2. The summed E-state index contributed by atoms with van der Waals surface area (Å²) in [5, 5.41) is 6.82. The van der Waals surface area contributed by atoms with Crippen molar-refractivity contribution in [2.24, 2.45) is 10.9 Å². The number of morpholine rings is 1. The molecule has 1 amide bonds. The summed E-state index contributed by atoms with van der Waals surface area (Å²) < 4.78 is 5.55. The highest BCUT2D eigenvalue weighted by molar-refractivity contribution is 6.00. The Hall–Kier alpha value is -2.80. The molecule has 1 aromatic rings. The zero-order valence-corrected chi connectivity index (χ0v) is 17.1. The molecule has 5 aliphatic rings. The van der Waals surface area contributed by atoms with Crippen LogP contribution >= 0.6 is 0 Å². The summed E-state index contributed by atoms with van der Waals surface area (Å²) in [7, 11) is 0. The first kappa shape index (κ1) is 18.0. The van der Waals surface area contributed by atoms with Crippen molar-refractivity contribution >= 4 is 23.1 Å². The van der Waals surface area contributed by atoms with E-state index >= 15 is 0 Å². The summed E-state index contributed by atoms with van der Waals surface area (Å²) >= 11 is 0. The molecule has 1 atom stereocenters. The van der Waals surface area contributed by atoms with Crippen LogP contribution in [0.1, 0.15) is 36.8 Å². The molecule has 6 rings (SSSR count). The number of amidine groups is 1. The van der Waals surface area contributed by atoms with Gasteiger partial charge in [0.05, 0.1) is 25.3 Å². The van der Waals surface area contributed by atoms with Crippen molar-refractivity contribution in [3.05, 3.63) is 47.4 Å². The Kier molecular flexibility index (Phi) is 4.30. The van der Waals surface area contributed by atoms with Gasteiger partial charge in [-0.1, -0.05) is 18.9 Å². The predicted molar refractivity (Wildman–Crippen MR) is 115 cm³/mol. The van der Waals surface area contributed by atoms with Gasteiger partial charge in [-0.05, 0) is 30.5 Å². The van der Waals surface area contributed by atoms with E-state index in [4.69, 9.17) is 9.73 Å². The van der Waals surface area contributed by atoms with E-state index < -0.39 is 0 Å². The zero-order valence-electron chi connectivity index (χ0n) is 17.1. The third kappa shape index (κ3) is 2.91. The fourth-order valence-corrected chi connectivity index (χ4v) is 5.41. The van der Waals surface area contributed by atoms with Gasteiger partial charge in [0.1, 0.15) is 5.84 Å². The van der Waals surface area contributed by atoms with Gasteiger partial charge in [-0.3, -0.25) is 4.79 Å². The van der Waals surface area contributed by atoms with Crippen LogP contribution in [-0.2, 0) is 16.0 Å². The fraction of sp³-hybridized carbons (Fsp3) is 0.478. The van der Waals surface area contributed by atoms with E-state index in [2.05, 4.69) is 38.8 Å². The summed E-state index contributed by atoms with van der Waals surface area (Å²) in [6.45, 7) is 3.24. The topological polar surface area (TPSA) is 69.2 Å². The van der Waals surface area contributed by atoms with Crippen LogP contribution in [-0.4, -0.2) is 54.0 Å². The van der Waals surface area contributed by atoms with Crippen LogP contribution in [0.2, 0.25) is 0 Å². The monoisotopic (exact) mass is 405 g/mol. The van der Waals surface area contributed by atoms with Crippen LogP contribution in [0.4, 0.5) is 5.69 Å². The molecule has 2 fully saturated rings. The van der Waals surface area contributed by atoms with E-state index in [1.54, 1.807) is 0 Å². The number of hydrogen-bond acceptors (Lipinski definition) is 6. The van der Waals surface area contributed by atoms with E-state index in [1.807, 2.05) is 12.3 Å². The van der Waals surface area contributed by atoms with Crippen LogP contribution in [0.25, 0.3) is 5.70 Å². The summed E-state index contributed by atoms with van der Waals surface area (Å²) in [6.07, 6.45) is 9.52. The molecule has 1 aromatic carbocycles. The molecule has 4 aliphatic heterocycles. The third-order valence-electron chi connectivity index (χ3n) is 6.86. The molecule has 1 saturated carbocycles. The molecule has 0 bridgehead atoms. The lowest BCUT2D eigenvalue weighted by molar-refractivity contribution is -0.115. The molecule has 1 saturated heterocycles. The lowest BCUT2D eigenvalue weighted by atomic mass is 9.97. The molecule has 1 aliphatic carbocycles. The van der Waals surface area contributed by atoms with Crippen LogP contribution < -0.4 is 10.6 Å². The van der Waals surface area contributed by atoms with Crippen molar-refractivity contribution in [3.8, 4) is 0 Å². The van der Waals surface area contributed by atoms with E-state index in [0.717, 1.165) is 43.4 Å². The second kappa shape index (κ2) is 7.16. The van der Waals surface area contributed by atoms with E-state index in [0.29, 0.717) is 12.3 Å². The number of benzene rings is 1. The Labute approximate surface area is 176 Å². The molecule has 30 heavy (non-hydrogen) atoms. The number of allylic oxidation sites excluding steroid dienone is 1. The summed E-state index contributed by atoms with van der Waals surface area (Å²) in [4.78, 5) is 21.3. The molecule has 4 heterocycles. The minimum Gasteiger partial charge on any atom is -0.378 e. The van der Waals surface area contributed by atoms with Crippen LogP contribution in [0.3, 0.4) is 0 Å². The normalized spacial score (nSPS) is 25.9. The Morgan fingerprint density at radius 1 is 1.13 bits per heavy atom. The number of amides is 1. The number of nitrogens with one attached hydrogen (secondary N) is 2. The van der Waals surface area contributed by atoms with Gasteiger partial charge in [0.15, 0.2) is 6.17 Å². The molecular weight excluding hydrogens is 378 g/mol. The lowest BCUT2D eigenvalue weighted by Gasteiger charge is -2.37. The van der Waals surface area contributed by atoms with Crippen molar-refractivity contribution in [1.29, 1.82) is 0 Å². The maximum Gasteiger partial charge on any atom is 0.228 e. The van der Waals surface area contributed by atoms with Gasteiger partial charge < -0.3 is 25.2 Å². The van der Waals surface area contributed by atoms with Gasteiger partial charge in [0, 0.05) is 48.4 Å². The fourth-order valence-electron chi connectivity index (χ4n) is 5.41. The molecule has 0 radical (unpaired) electrons. The molecule has 1 unspecified atom stereocenters. The minimum atomic E-state index is 0.0201. The smallest absolute Gasteiger partial charge is 0.228 e. The Morgan fingerprint density at radius 2 is 1.97 bits per heavy atom. The quantitative estimate of drug-likeness (QED) is 0.791. The first-order chi connectivity index (χ1) is 14.8. The van der Waals surface area contributed by atoms with Gasteiger partial charge in [-0.15, -0.1) is 0 Å². The number of fused-ring (bicyclic) bond motifs is 2. The maximum absolute atomic E-state index is 11.9. The van der Waals surface area contributed by atoms with E-state index in [9.17, 15) is 4.79 Å². The average Bonchev–Trinajstić information content (AvgIpc) is 3.50. The van der Waals surface area contributed by atoms with Gasteiger partial charge >= 0.3 is 0 Å². The lowest BCUT2D eigenvalue weighted by Crippen LogP contribution is -2.54. The number of carbonyl (C=O) groups is 1. The van der Waals surface area contributed by atoms with E-state index in [1.165, 1.54) is 42.6 Å². The van der Waals surface area contributed by atoms with E-state index in [-0.39, 0.29) is 12.1 Å². The third-order valence-corrected chi connectivity index (χ3v) is 6.86. The van der Waals surface area contributed by atoms with Crippen LogP contribution in [0, 0.1) is 5.92 Å².